The normalized spacial score (nSPS) is 29.3. The van der Waals surface area contributed by atoms with Crippen LogP contribution in [0.25, 0.3) is 0 Å². The van der Waals surface area contributed by atoms with Crippen molar-refractivity contribution < 1.29 is 9.50 Å². The van der Waals surface area contributed by atoms with Crippen LogP contribution in [-0.4, -0.2) is 16.7 Å². The van der Waals surface area contributed by atoms with Crippen LogP contribution in [0.3, 0.4) is 0 Å². The van der Waals surface area contributed by atoms with E-state index in [2.05, 4.69) is 15.9 Å². The Morgan fingerprint density at radius 2 is 2.29 bits per heavy atom. The van der Waals surface area contributed by atoms with E-state index in [0.717, 1.165) is 24.8 Å². The summed E-state index contributed by atoms with van der Waals surface area (Å²) in [5, 5.41) is 10.5. The maximum Gasteiger partial charge on any atom is 0.124 e. The van der Waals surface area contributed by atoms with Gasteiger partial charge in [-0.3, -0.25) is 0 Å². The first-order chi connectivity index (χ1) is 7.98. The van der Waals surface area contributed by atoms with E-state index in [-0.39, 0.29) is 11.9 Å². The smallest absolute Gasteiger partial charge is 0.124 e. The van der Waals surface area contributed by atoms with Crippen LogP contribution in [0, 0.1) is 5.82 Å². The zero-order valence-corrected chi connectivity index (χ0v) is 11.2. The van der Waals surface area contributed by atoms with E-state index in [1.165, 1.54) is 12.1 Å². The van der Waals surface area contributed by atoms with Gasteiger partial charge >= 0.3 is 0 Å². The summed E-state index contributed by atoms with van der Waals surface area (Å²) in [6.07, 6.45) is 3.85. The Morgan fingerprint density at radius 3 is 2.94 bits per heavy atom. The van der Waals surface area contributed by atoms with E-state index in [9.17, 15) is 9.50 Å². The first-order valence-corrected chi connectivity index (χ1v) is 6.70. The van der Waals surface area contributed by atoms with Gasteiger partial charge in [-0.1, -0.05) is 22.0 Å². The number of benzene rings is 1. The van der Waals surface area contributed by atoms with Gasteiger partial charge < -0.3 is 10.8 Å². The predicted molar refractivity (Wildman–Crippen MR) is 69.2 cm³/mol. The Hall–Kier alpha value is -0.450. The van der Waals surface area contributed by atoms with E-state index in [1.54, 1.807) is 6.07 Å². The van der Waals surface area contributed by atoms with Gasteiger partial charge in [0.2, 0.25) is 0 Å². The molecule has 2 nitrogen and oxygen atoms in total. The van der Waals surface area contributed by atoms with Crippen LogP contribution in [-0.2, 0) is 6.42 Å². The Balaban J connectivity index is 2.14. The molecule has 0 radical (unpaired) electrons. The number of hydrogen-bond donors (Lipinski definition) is 2. The highest BCUT2D eigenvalue weighted by atomic mass is 79.9. The van der Waals surface area contributed by atoms with Crippen LogP contribution >= 0.6 is 15.9 Å². The fourth-order valence-corrected chi connectivity index (χ4v) is 3.06. The van der Waals surface area contributed by atoms with Gasteiger partial charge in [-0.05, 0) is 43.4 Å². The molecular weight excluding hydrogens is 285 g/mol. The fourth-order valence-electron chi connectivity index (χ4n) is 2.57. The topological polar surface area (TPSA) is 46.2 Å². The van der Waals surface area contributed by atoms with Crippen LogP contribution in [0.5, 0.6) is 0 Å². The van der Waals surface area contributed by atoms with E-state index in [4.69, 9.17) is 5.73 Å². The minimum atomic E-state index is -0.738. The molecule has 1 fully saturated rings. The number of rotatable bonds is 2. The van der Waals surface area contributed by atoms with Gasteiger partial charge in [0.1, 0.15) is 5.82 Å². The molecule has 0 saturated heterocycles. The summed E-state index contributed by atoms with van der Waals surface area (Å²) in [5.41, 5.74) is 6.09. The quantitative estimate of drug-likeness (QED) is 0.882. The van der Waals surface area contributed by atoms with Crippen molar-refractivity contribution in [2.75, 3.05) is 0 Å². The highest BCUT2D eigenvalue weighted by Crippen LogP contribution is 2.32. The molecule has 1 aliphatic carbocycles. The molecule has 0 bridgehead atoms. The zero-order chi connectivity index (χ0) is 12.5. The van der Waals surface area contributed by atoms with Crippen molar-refractivity contribution in [2.24, 2.45) is 5.73 Å². The van der Waals surface area contributed by atoms with Crippen LogP contribution in [0.2, 0.25) is 0 Å². The predicted octanol–water partition coefficient (Wildman–Crippen LogP) is 2.76. The molecule has 1 aliphatic rings. The van der Waals surface area contributed by atoms with Gasteiger partial charge in [-0.25, -0.2) is 4.39 Å². The molecule has 2 rings (SSSR count). The second-order valence-corrected chi connectivity index (χ2v) is 5.85. The summed E-state index contributed by atoms with van der Waals surface area (Å²) in [7, 11) is 0. The monoisotopic (exact) mass is 301 g/mol. The lowest BCUT2D eigenvalue weighted by Gasteiger charge is -2.35. The maximum atomic E-state index is 13.0. The largest absolute Gasteiger partial charge is 0.389 e. The van der Waals surface area contributed by atoms with Gasteiger partial charge in [0.15, 0.2) is 0 Å². The molecule has 2 atom stereocenters. The number of nitrogens with two attached hydrogens (primary N) is 1. The van der Waals surface area contributed by atoms with E-state index in [0.29, 0.717) is 17.3 Å². The average molecular weight is 302 g/mol. The lowest BCUT2D eigenvalue weighted by molar-refractivity contribution is -0.00205. The summed E-state index contributed by atoms with van der Waals surface area (Å²) in [4.78, 5) is 0. The molecule has 1 aromatic rings. The highest BCUT2D eigenvalue weighted by Gasteiger charge is 2.33. The third-order valence-electron chi connectivity index (χ3n) is 3.39. The second kappa shape index (κ2) is 5.04. The van der Waals surface area contributed by atoms with Gasteiger partial charge in [0, 0.05) is 16.9 Å². The lowest BCUT2D eigenvalue weighted by atomic mass is 9.78. The molecule has 0 heterocycles. The molecule has 94 valence electrons. The second-order valence-electron chi connectivity index (χ2n) is 4.99. The summed E-state index contributed by atoms with van der Waals surface area (Å²) in [6.45, 7) is 0. The van der Waals surface area contributed by atoms with Gasteiger partial charge in [-0.2, -0.15) is 0 Å². The molecule has 0 spiro atoms. The maximum absolute atomic E-state index is 13.0. The van der Waals surface area contributed by atoms with Crippen molar-refractivity contribution in [3.05, 3.63) is 34.1 Å². The van der Waals surface area contributed by atoms with Crippen molar-refractivity contribution in [3.63, 3.8) is 0 Å². The summed E-state index contributed by atoms with van der Waals surface area (Å²) in [6, 6.07) is 4.65. The van der Waals surface area contributed by atoms with Gasteiger partial charge in [0.25, 0.3) is 0 Å². The minimum absolute atomic E-state index is 0.0768. The summed E-state index contributed by atoms with van der Waals surface area (Å²) < 4.78 is 13.7. The van der Waals surface area contributed by atoms with E-state index < -0.39 is 5.60 Å². The number of aliphatic hydroxyl groups is 1. The SMILES string of the molecule is NC1CCCC(O)(Cc2ccc(F)cc2Br)C1. The Kier molecular flexibility index (Phi) is 3.85. The lowest BCUT2D eigenvalue weighted by Crippen LogP contribution is -2.42. The zero-order valence-electron chi connectivity index (χ0n) is 9.63. The Labute approximate surface area is 109 Å². The van der Waals surface area contributed by atoms with E-state index in [1.807, 2.05) is 0 Å². The Bertz CT molecular complexity index is 412. The first kappa shape index (κ1) is 13.0. The molecule has 4 heteroatoms. The minimum Gasteiger partial charge on any atom is -0.389 e. The van der Waals surface area contributed by atoms with Crippen LogP contribution in [0.1, 0.15) is 31.2 Å². The summed E-state index contributed by atoms with van der Waals surface area (Å²) >= 11 is 3.33. The van der Waals surface area contributed by atoms with Crippen molar-refractivity contribution in [3.8, 4) is 0 Å². The first-order valence-electron chi connectivity index (χ1n) is 5.90. The molecular formula is C13H17BrFNO. The Morgan fingerprint density at radius 1 is 1.53 bits per heavy atom. The van der Waals surface area contributed by atoms with Crippen molar-refractivity contribution in [1.82, 2.24) is 0 Å². The summed E-state index contributed by atoms with van der Waals surface area (Å²) in [5.74, 6) is -0.270. The molecule has 1 aromatic carbocycles. The van der Waals surface area contributed by atoms with Crippen LogP contribution in [0.4, 0.5) is 4.39 Å². The fraction of sp³-hybridized carbons (Fsp3) is 0.538. The van der Waals surface area contributed by atoms with Crippen molar-refractivity contribution in [1.29, 1.82) is 0 Å². The molecule has 0 aromatic heterocycles. The van der Waals surface area contributed by atoms with Gasteiger partial charge in [-0.15, -0.1) is 0 Å². The third-order valence-corrected chi connectivity index (χ3v) is 4.13. The molecule has 0 amide bonds. The molecule has 2 unspecified atom stereocenters. The van der Waals surface area contributed by atoms with E-state index >= 15 is 0 Å². The van der Waals surface area contributed by atoms with Crippen LogP contribution < -0.4 is 5.73 Å². The highest BCUT2D eigenvalue weighted by molar-refractivity contribution is 9.10. The molecule has 17 heavy (non-hydrogen) atoms. The molecule has 1 saturated carbocycles. The molecule has 3 N–H and O–H groups in total. The third kappa shape index (κ3) is 3.27. The number of halogens is 2. The van der Waals surface area contributed by atoms with Gasteiger partial charge in [0.05, 0.1) is 5.60 Å². The van der Waals surface area contributed by atoms with Crippen molar-refractivity contribution >= 4 is 15.9 Å². The average Bonchev–Trinajstić information content (AvgIpc) is 2.22. The van der Waals surface area contributed by atoms with Crippen molar-refractivity contribution in [2.45, 2.75) is 43.7 Å². The number of hydrogen-bond acceptors (Lipinski definition) is 2. The van der Waals surface area contributed by atoms with Crippen LogP contribution in [0.15, 0.2) is 22.7 Å². The standard InChI is InChI=1S/C13H17BrFNO/c14-12-6-10(15)4-3-9(12)7-13(17)5-1-2-11(16)8-13/h3-4,6,11,17H,1-2,5,7-8,16H2. The molecule has 0 aliphatic heterocycles.